The van der Waals surface area contributed by atoms with Crippen molar-refractivity contribution in [1.82, 2.24) is 0 Å². The van der Waals surface area contributed by atoms with Gasteiger partial charge in [0.1, 0.15) is 0 Å². The Morgan fingerprint density at radius 3 is 2.60 bits per heavy atom. The maximum atomic E-state index is 10.6. The van der Waals surface area contributed by atoms with E-state index in [0.29, 0.717) is 6.42 Å². The Balaban J connectivity index is 2.23. The number of nitroso groups, excluding NO2 is 1. The number of aryl methyl sites for hydroxylation is 1. The number of hydrogen-bond acceptors (Lipinski definition) is 3. The lowest BCUT2D eigenvalue weighted by Gasteiger charge is -2.00. The van der Waals surface area contributed by atoms with Crippen molar-refractivity contribution in [1.29, 1.82) is 0 Å². The quantitative estimate of drug-likeness (QED) is 0.437. The van der Waals surface area contributed by atoms with E-state index in [0.717, 1.165) is 5.75 Å². The first-order valence-electron chi connectivity index (χ1n) is 4.78. The number of benzene rings is 1. The van der Waals surface area contributed by atoms with Crippen LogP contribution < -0.4 is 0 Å². The first kappa shape index (κ1) is 11.9. The monoisotopic (exact) mass is 223 g/mol. The molecule has 0 fully saturated rings. The van der Waals surface area contributed by atoms with Gasteiger partial charge in [-0.2, -0.15) is 0 Å². The van der Waals surface area contributed by atoms with Crippen molar-refractivity contribution in [2.24, 2.45) is 5.18 Å². The topological polar surface area (TPSA) is 46.5 Å². The summed E-state index contributed by atoms with van der Waals surface area (Å²) in [7, 11) is 0. The van der Waals surface area contributed by atoms with Crippen LogP contribution in [0, 0.1) is 11.8 Å². The molecular formula is C11H13NO2S. The van der Waals surface area contributed by atoms with Crippen LogP contribution in [0.5, 0.6) is 0 Å². The Labute approximate surface area is 93.2 Å². The molecule has 0 atom stereocenters. The second-order valence-corrected chi connectivity index (χ2v) is 4.42. The van der Waals surface area contributed by atoms with E-state index in [-0.39, 0.29) is 6.42 Å². The second-order valence-electron chi connectivity index (χ2n) is 3.25. The van der Waals surface area contributed by atoms with Crippen molar-refractivity contribution in [3.8, 4) is 0 Å². The molecule has 0 saturated heterocycles. The van der Waals surface area contributed by atoms with Crippen molar-refractivity contribution < 1.29 is 4.79 Å². The first-order chi connectivity index (χ1) is 7.22. The largest absolute Gasteiger partial charge is 0.286 e. The molecule has 4 heteroatoms. The molecule has 1 amide bonds. The van der Waals surface area contributed by atoms with Gasteiger partial charge in [0, 0.05) is 16.5 Å². The van der Waals surface area contributed by atoms with Crippen LogP contribution in [0.15, 0.2) is 34.3 Å². The van der Waals surface area contributed by atoms with E-state index in [1.54, 1.807) is 11.8 Å². The van der Waals surface area contributed by atoms with Crippen molar-refractivity contribution in [3.63, 3.8) is 0 Å². The van der Waals surface area contributed by atoms with Crippen LogP contribution in [-0.2, 0) is 4.79 Å². The molecule has 0 radical (unpaired) electrons. The fourth-order valence-electron chi connectivity index (χ4n) is 1.09. The zero-order chi connectivity index (χ0) is 11.1. The molecule has 3 nitrogen and oxygen atoms in total. The lowest BCUT2D eigenvalue weighted by Crippen LogP contribution is -1.92. The van der Waals surface area contributed by atoms with E-state index in [9.17, 15) is 9.70 Å². The summed E-state index contributed by atoms with van der Waals surface area (Å²) in [6.45, 7) is 2.04. The summed E-state index contributed by atoms with van der Waals surface area (Å²) in [4.78, 5) is 21.6. The van der Waals surface area contributed by atoms with E-state index in [2.05, 4.69) is 29.4 Å². The molecule has 0 saturated carbocycles. The zero-order valence-electron chi connectivity index (χ0n) is 8.60. The van der Waals surface area contributed by atoms with E-state index in [1.807, 2.05) is 6.92 Å². The van der Waals surface area contributed by atoms with Crippen LogP contribution >= 0.6 is 11.8 Å². The Bertz CT molecular complexity index is 335. The molecule has 0 spiro atoms. The standard InChI is InChI=1S/C11H13NO2S/c1-9-4-6-10(7-5-9)15-8-2-3-11(13)12-14/h4-7H,2-3,8H2,1H3. The summed E-state index contributed by atoms with van der Waals surface area (Å²) in [5.74, 6) is 0.282. The minimum Gasteiger partial charge on any atom is -0.269 e. The molecule has 0 aliphatic heterocycles. The third kappa shape index (κ3) is 4.74. The fourth-order valence-corrected chi connectivity index (χ4v) is 1.95. The smallest absolute Gasteiger partial charge is 0.269 e. The van der Waals surface area contributed by atoms with E-state index in [1.165, 1.54) is 10.5 Å². The van der Waals surface area contributed by atoms with Crippen molar-refractivity contribution in [2.45, 2.75) is 24.7 Å². The van der Waals surface area contributed by atoms with Crippen molar-refractivity contribution in [2.75, 3.05) is 5.75 Å². The zero-order valence-corrected chi connectivity index (χ0v) is 9.42. The van der Waals surface area contributed by atoms with Gasteiger partial charge in [-0.3, -0.25) is 4.79 Å². The average Bonchev–Trinajstić information content (AvgIpc) is 2.26. The summed E-state index contributed by atoms with van der Waals surface area (Å²) in [6, 6.07) is 8.22. The van der Waals surface area contributed by atoms with E-state index >= 15 is 0 Å². The number of carbonyl (C=O) groups is 1. The molecule has 0 aliphatic rings. The second kappa shape index (κ2) is 6.35. The third-order valence-electron chi connectivity index (χ3n) is 1.93. The summed E-state index contributed by atoms with van der Waals surface area (Å²) < 4.78 is 0. The number of nitrogens with zero attached hydrogens (tertiary/aromatic N) is 1. The van der Waals surface area contributed by atoms with Crippen LogP contribution in [0.25, 0.3) is 0 Å². The Morgan fingerprint density at radius 2 is 2.00 bits per heavy atom. The van der Waals surface area contributed by atoms with Crippen LogP contribution in [0.3, 0.4) is 0 Å². The van der Waals surface area contributed by atoms with Crippen LogP contribution in [-0.4, -0.2) is 11.7 Å². The van der Waals surface area contributed by atoms with Gasteiger partial charge in [0.2, 0.25) is 0 Å². The van der Waals surface area contributed by atoms with Gasteiger partial charge in [0.05, 0.1) is 0 Å². The predicted molar refractivity (Wildman–Crippen MR) is 61.9 cm³/mol. The lowest BCUT2D eigenvalue weighted by atomic mass is 10.2. The highest BCUT2D eigenvalue weighted by molar-refractivity contribution is 7.99. The summed E-state index contributed by atoms with van der Waals surface area (Å²) >= 11 is 1.69. The predicted octanol–water partition coefficient (Wildman–Crippen LogP) is 3.16. The maximum Gasteiger partial charge on any atom is 0.286 e. The molecule has 15 heavy (non-hydrogen) atoms. The van der Waals surface area contributed by atoms with Gasteiger partial charge < -0.3 is 0 Å². The molecular weight excluding hydrogens is 210 g/mol. The van der Waals surface area contributed by atoms with Gasteiger partial charge in [0.15, 0.2) is 0 Å². The van der Waals surface area contributed by atoms with Gasteiger partial charge in [-0.1, -0.05) is 17.7 Å². The molecule has 0 heterocycles. The van der Waals surface area contributed by atoms with Crippen molar-refractivity contribution in [3.05, 3.63) is 34.7 Å². The van der Waals surface area contributed by atoms with Crippen LogP contribution in [0.4, 0.5) is 0 Å². The van der Waals surface area contributed by atoms with Crippen molar-refractivity contribution >= 4 is 17.7 Å². The Morgan fingerprint density at radius 1 is 1.33 bits per heavy atom. The van der Waals surface area contributed by atoms with E-state index < -0.39 is 5.91 Å². The summed E-state index contributed by atoms with van der Waals surface area (Å²) in [6.07, 6.45) is 0.950. The fraction of sp³-hybridized carbons (Fsp3) is 0.364. The van der Waals surface area contributed by atoms with Gasteiger partial charge in [-0.25, -0.2) is 0 Å². The number of thioether (sulfide) groups is 1. The molecule has 0 unspecified atom stereocenters. The Hall–Kier alpha value is -1.16. The molecule has 0 aromatic heterocycles. The molecule has 0 aliphatic carbocycles. The number of hydrogen-bond donors (Lipinski definition) is 0. The average molecular weight is 223 g/mol. The van der Waals surface area contributed by atoms with Gasteiger partial charge in [0.25, 0.3) is 5.91 Å². The third-order valence-corrected chi connectivity index (χ3v) is 3.02. The normalized spacial score (nSPS) is 9.93. The number of amides is 1. The molecule has 80 valence electrons. The van der Waals surface area contributed by atoms with Gasteiger partial charge in [-0.15, -0.1) is 16.7 Å². The SMILES string of the molecule is Cc1ccc(SCCCC(=O)N=O)cc1. The molecule has 1 aromatic rings. The van der Waals surface area contributed by atoms with Crippen LogP contribution in [0.1, 0.15) is 18.4 Å². The highest BCUT2D eigenvalue weighted by Gasteiger charge is 2.00. The maximum absolute atomic E-state index is 10.6. The lowest BCUT2D eigenvalue weighted by molar-refractivity contribution is -0.117. The molecule has 1 aromatic carbocycles. The number of carbonyl (C=O) groups excluding carboxylic acids is 1. The highest BCUT2D eigenvalue weighted by Crippen LogP contribution is 2.19. The number of rotatable bonds is 5. The van der Waals surface area contributed by atoms with E-state index in [4.69, 9.17) is 0 Å². The molecule has 0 N–H and O–H groups in total. The van der Waals surface area contributed by atoms with Gasteiger partial charge >= 0.3 is 0 Å². The van der Waals surface area contributed by atoms with Gasteiger partial charge in [-0.05, 0) is 31.2 Å². The summed E-state index contributed by atoms with van der Waals surface area (Å²) in [5.41, 5.74) is 1.24. The first-order valence-corrected chi connectivity index (χ1v) is 5.76. The minimum absolute atomic E-state index is 0.252. The van der Waals surface area contributed by atoms with Crippen LogP contribution in [0.2, 0.25) is 0 Å². The summed E-state index contributed by atoms with van der Waals surface area (Å²) in [5, 5.41) is 2.35. The molecule has 1 rings (SSSR count). The highest BCUT2D eigenvalue weighted by atomic mass is 32.2. The minimum atomic E-state index is -0.556. The molecule has 0 bridgehead atoms. The Kier molecular flexibility index (Phi) is 5.04.